The van der Waals surface area contributed by atoms with Crippen molar-refractivity contribution >= 4 is 21.6 Å². The molecular formula is C15H14BrN3. The monoisotopic (exact) mass is 315 g/mol. The summed E-state index contributed by atoms with van der Waals surface area (Å²) in [4.78, 5) is 4.36. The van der Waals surface area contributed by atoms with Gasteiger partial charge in [-0.25, -0.2) is 4.98 Å². The summed E-state index contributed by atoms with van der Waals surface area (Å²) < 4.78 is 0.835. The maximum absolute atomic E-state index is 8.79. The van der Waals surface area contributed by atoms with E-state index in [0.29, 0.717) is 5.56 Å². The Morgan fingerprint density at radius 1 is 1.21 bits per heavy atom. The van der Waals surface area contributed by atoms with Gasteiger partial charge in [0.05, 0.1) is 23.0 Å². The second kappa shape index (κ2) is 5.85. The standard InChI is InChI=1S/C15H14BrN3/c1-10(13-5-3-12(9-17)4-6-13)18-14-7-8-15(16)19-11(14)2/h3-8,10,18H,1-2H3. The molecule has 1 N–H and O–H groups in total. The van der Waals surface area contributed by atoms with Gasteiger partial charge in [-0.05, 0) is 59.6 Å². The van der Waals surface area contributed by atoms with E-state index in [1.165, 1.54) is 0 Å². The summed E-state index contributed by atoms with van der Waals surface area (Å²) in [5, 5.41) is 12.2. The van der Waals surface area contributed by atoms with E-state index < -0.39 is 0 Å². The summed E-state index contributed by atoms with van der Waals surface area (Å²) in [5.74, 6) is 0. The Bertz CT molecular complexity index is 614. The Balaban J connectivity index is 2.16. The fourth-order valence-corrected chi connectivity index (χ4v) is 2.24. The number of nitrogens with one attached hydrogen (secondary N) is 1. The molecule has 96 valence electrons. The Morgan fingerprint density at radius 3 is 2.47 bits per heavy atom. The van der Waals surface area contributed by atoms with Gasteiger partial charge in [0, 0.05) is 6.04 Å². The number of pyridine rings is 1. The number of aryl methyl sites for hydroxylation is 1. The first kappa shape index (κ1) is 13.6. The molecular weight excluding hydrogens is 302 g/mol. The van der Waals surface area contributed by atoms with E-state index in [1.807, 2.05) is 43.3 Å². The van der Waals surface area contributed by atoms with E-state index in [9.17, 15) is 0 Å². The molecule has 0 aliphatic heterocycles. The van der Waals surface area contributed by atoms with Crippen LogP contribution in [0.2, 0.25) is 0 Å². The topological polar surface area (TPSA) is 48.7 Å². The summed E-state index contributed by atoms with van der Waals surface area (Å²) in [7, 11) is 0. The van der Waals surface area contributed by atoms with Gasteiger partial charge in [0.15, 0.2) is 0 Å². The SMILES string of the molecule is Cc1nc(Br)ccc1NC(C)c1ccc(C#N)cc1. The van der Waals surface area contributed by atoms with Crippen molar-refractivity contribution < 1.29 is 0 Å². The third-order valence-electron chi connectivity index (χ3n) is 2.96. The van der Waals surface area contributed by atoms with Crippen LogP contribution in [0.1, 0.15) is 29.8 Å². The summed E-state index contributed by atoms with van der Waals surface area (Å²) in [6, 6.07) is 13.8. The van der Waals surface area contributed by atoms with Crippen LogP contribution in [0.3, 0.4) is 0 Å². The molecule has 0 saturated carbocycles. The van der Waals surface area contributed by atoms with E-state index in [2.05, 4.69) is 39.2 Å². The van der Waals surface area contributed by atoms with Crippen molar-refractivity contribution in [2.75, 3.05) is 5.32 Å². The highest BCUT2D eigenvalue weighted by atomic mass is 79.9. The number of nitrogens with zero attached hydrogens (tertiary/aromatic N) is 2. The molecule has 0 radical (unpaired) electrons. The summed E-state index contributed by atoms with van der Waals surface area (Å²) in [5.41, 5.74) is 3.79. The van der Waals surface area contributed by atoms with Crippen LogP contribution in [0.15, 0.2) is 41.0 Å². The molecule has 1 heterocycles. The highest BCUT2D eigenvalue weighted by molar-refractivity contribution is 9.10. The fraction of sp³-hybridized carbons (Fsp3) is 0.200. The lowest BCUT2D eigenvalue weighted by atomic mass is 10.1. The number of anilines is 1. The summed E-state index contributed by atoms with van der Waals surface area (Å²) in [6.07, 6.45) is 0. The van der Waals surface area contributed by atoms with Crippen LogP contribution >= 0.6 is 15.9 Å². The molecule has 0 spiro atoms. The maximum atomic E-state index is 8.79. The van der Waals surface area contributed by atoms with Gasteiger partial charge in [0.25, 0.3) is 0 Å². The van der Waals surface area contributed by atoms with Crippen LogP contribution < -0.4 is 5.32 Å². The van der Waals surface area contributed by atoms with Crippen LogP contribution in [0.4, 0.5) is 5.69 Å². The van der Waals surface area contributed by atoms with Gasteiger partial charge in [-0.15, -0.1) is 0 Å². The van der Waals surface area contributed by atoms with Gasteiger partial charge < -0.3 is 5.32 Å². The lowest BCUT2D eigenvalue weighted by Crippen LogP contribution is -2.08. The van der Waals surface area contributed by atoms with Crippen molar-refractivity contribution in [2.24, 2.45) is 0 Å². The van der Waals surface area contributed by atoms with Crippen molar-refractivity contribution in [3.05, 3.63) is 57.8 Å². The van der Waals surface area contributed by atoms with Crippen LogP contribution in [0.5, 0.6) is 0 Å². The Kier molecular flexibility index (Phi) is 4.18. The normalized spacial score (nSPS) is 11.7. The number of hydrogen-bond donors (Lipinski definition) is 1. The zero-order valence-electron chi connectivity index (χ0n) is 10.8. The number of aromatic nitrogens is 1. The van der Waals surface area contributed by atoms with E-state index in [0.717, 1.165) is 21.5 Å². The molecule has 0 bridgehead atoms. The third-order valence-corrected chi connectivity index (χ3v) is 3.41. The summed E-state index contributed by atoms with van der Waals surface area (Å²) in [6.45, 7) is 4.06. The highest BCUT2D eigenvalue weighted by Gasteiger charge is 2.07. The van der Waals surface area contributed by atoms with Crippen molar-refractivity contribution in [1.82, 2.24) is 4.98 Å². The molecule has 1 aromatic heterocycles. The van der Waals surface area contributed by atoms with Gasteiger partial charge in [0.1, 0.15) is 4.60 Å². The first-order chi connectivity index (χ1) is 9.10. The number of rotatable bonds is 3. The van der Waals surface area contributed by atoms with Crippen LogP contribution in [-0.4, -0.2) is 4.98 Å². The molecule has 1 unspecified atom stereocenters. The molecule has 0 saturated heterocycles. The quantitative estimate of drug-likeness (QED) is 0.864. The molecule has 1 aromatic carbocycles. The zero-order valence-corrected chi connectivity index (χ0v) is 12.4. The summed E-state index contributed by atoms with van der Waals surface area (Å²) >= 11 is 3.35. The lowest BCUT2D eigenvalue weighted by molar-refractivity contribution is 0.878. The molecule has 0 aliphatic carbocycles. The average Bonchev–Trinajstić information content (AvgIpc) is 2.42. The maximum Gasteiger partial charge on any atom is 0.106 e. The zero-order chi connectivity index (χ0) is 13.8. The van der Waals surface area contributed by atoms with E-state index >= 15 is 0 Å². The van der Waals surface area contributed by atoms with Gasteiger partial charge in [-0.2, -0.15) is 5.26 Å². The van der Waals surface area contributed by atoms with Crippen molar-refractivity contribution in [3.8, 4) is 6.07 Å². The van der Waals surface area contributed by atoms with Crippen LogP contribution in [0.25, 0.3) is 0 Å². The van der Waals surface area contributed by atoms with Crippen LogP contribution in [-0.2, 0) is 0 Å². The predicted molar refractivity (Wildman–Crippen MR) is 79.9 cm³/mol. The Labute approximate surface area is 121 Å². The number of benzene rings is 1. The number of hydrogen-bond acceptors (Lipinski definition) is 3. The van der Waals surface area contributed by atoms with Crippen molar-refractivity contribution in [1.29, 1.82) is 5.26 Å². The predicted octanol–water partition coefficient (Wildman–Crippen LogP) is 4.20. The smallest absolute Gasteiger partial charge is 0.106 e. The second-order valence-electron chi connectivity index (χ2n) is 4.37. The molecule has 2 rings (SSSR count). The first-order valence-electron chi connectivity index (χ1n) is 6.00. The van der Waals surface area contributed by atoms with Crippen molar-refractivity contribution in [2.45, 2.75) is 19.9 Å². The minimum Gasteiger partial charge on any atom is -0.377 e. The molecule has 2 aromatic rings. The largest absolute Gasteiger partial charge is 0.377 e. The molecule has 0 aliphatic rings. The molecule has 0 fully saturated rings. The minimum atomic E-state index is 0.161. The number of halogens is 1. The Hall–Kier alpha value is -1.86. The molecule has 0 amide bonds. The van der Waals surface area contributed by atoms with E-state index in [1.54, 1.807) is 0 Å². The molecule has 3 nitrogen and oxygen atoms in total. The van der Waals surface area contributed by atoms with Gasteiger partial charge in [-0.3, -0.25) is 0 Å². The molecule has 1 atom stereocenters. The third kappa shape index (κ3) is 3.33. The number of nitriles is 1. The van der Waals surface area contributed by atoms with Crippen LogP contribution in [0, 0.1) is 18.3 Å². The molecule has 19 heavy (non-hydrogen) atoms. The lowest BCUT2D eigenvalue weighted by Gasteiger charge is -2.17. The Morgan fingerprint density at radius 2 is 1.89 bits per heavy atom. The van der Waals surface area contributed by atoms with E-state index in [4.69, 9.17) is 5.26 Å². The van der Waals surface area contributed by atoms with Gasteiger partial charge in [-0.1, -0.05) is 12.1 Å². The van der Waals surface area contributed by atoms with Gasteiger partial charge in [0.2, 0.25) is 0 Å². The van der Waals surface area contributed by atoms with E-state index in [-0.39, 0.29) is 6.04 Å². The second-order valence-corrected chi connectivity index (χ2v) is 5.18. The average molecular weight is 316 g/mol. The molecule has 4 heteroatoms. The fourth-order valence-electron chi connectivity index (χ4n) is 1.85. The van der Waals surface area contributed by atoms with Crippen molar-refractivity contribution in [3.63, 3.8) is 0 Å². The van der Waals surface area contributed by atoms with Gasteiger partial charge >= 0.3 is 0 Å². The minimum absolute atomic E-state index is 0.161. The highest BCUT2D eigenvalue weighted by Crippen LogP contribution is 2.22. The first-order valence-corrected chi connectivity index (χ1v) is 6.79.